The molecular formula is C14H15Cl2N5O. The number of carbonyl (C=O) groups is 1. The molecule has 0 atom stereocenters. The van der Waals surface area contributed by atoms with Crippen LogP contribution < -0.4 is 11.1 Å². The SMILES string of the molecule is CN(CC(=O)Nc1ccc(Cl)c(Cl)c1)Cc1nccc(N)n1. The number of rotatable bonds is 5. The van der Waals surface area contributed by atoms with E-state index in [0.29, 0.717) is 33.9 Å². The van der Waals surface area contributed by atoms with Crippen molar-refractivity contribution in [2.45, 2.75) is 6.54 Å². The first kappa shape index (κ1) is 16.5. The summed E-state index contributed by atoms with van der Waals surface area (Å²) in [7, 11) is 1.79. The number of amides is 1. The molecule has 0 aliphatic rings. The number of halogens is 2. The fraction of sp³-hybridized carbons (Fsp3) is 0.214. The molecule has 0 spiro atoms. The third kappa shape index (κ3) is 4.84. The Labute approximate surface area is 138 Å². The van der Waals surface area contributed by atoms with Crippen molar-refractivity contribution in [3.05, 3.63) is 46.3 Å². The van der Waals surface area contributed by atoms with Gasteiger partial charge < -0.3 is 11.1 Å². The predicted octanol–water partition coefficient (Wildman–Crippen LogP) is 2.44. The van der Waals surface area contributed by atoms with E-state index in [1.807, 2.05) is 0 Å². The van der Waals surface area contributed by atoms with Gasteiger partial charge in [-0.3, -0.25) is 9.69 Å². The molecule has 0 aliphatic carbocycles. The second-order valence-electron chi connectivity index (χ2n) is 4.75. The maximum absolute atomic E-state index is 12.0. The van der Waals surface area contributed by atoms with Crippen molar-refractivity contribution in [1.29, 1.82) is 0 Å². The molecule has 0 radical (unpaired) electrons. The first-order chi connectivity index (χ1) is 10.4. The third-order valence-electron chi connectivity index (χ3n) is 2.76. The van der Waals surface area contributed by atoms with Crippen molar-refractivity contribution in [2.75, 3.05) is 24.6 Å². The van der Waals surface area contributed by atoms with E-state index in [2.05, 4.69) is 15.3 Å². The smallest absolute Gasteiger partial charge is 0.238 e. The molecule has 3 N–H and O–H groups in total. The van der Waals surface area contributed by atoms with Gasteiger partial charge in [-0.15, -0.1) is 0 Å². The largest absolute Gasteiger partial charge is 0.384 e. The first-order valence-electron chi connectivity index (χ1n) is 6.45. The highest BCUT2D eigenvalue weighted by atomic mass is 35.5. The minimum Gasteiger partial charge on any atom is -0.384 e. The van der Waals surface area contributed by atoms with Gasteiger partial charge in [0.1, 0.15) is 11.6 Å². The molecule has 0 bridgehead atoms. The maximum atomic E-state index is 12.0. The Balaban J connectivity index is 1.89. The van der Waals surface area contributed by atoms with E-state index in [1.54, 1.807) is 42.4 Å². The number of nitrogen functional groups attached to an aromatic ring is 1. The number of hydrogen-bond acceptors (Lipinski definition) is 5. The lowest BCUT2D eigenvalue weighted by Gasteiger charge is -2.15. The number of hydrogen-bond donors (Lipinski definition) is 2. The number of nitrogens with two attached hydrogens (primary N) is 1. The van der Waals surface area contributed by atoms with E-state index in [1.165, 1.54) is 0 Å². The van der Waals surface area contributed by atoms with Gasteiger partial charge in [-0.05, 0) is 31.3 Å². The predicted molar refractivity (Wildman–Crippen MR) is 87.9 cm³/mol. The summed E-state index contributed by atoms with van der Waals surface area (Å²) in [5, 5.41) is 3.58. The number of nitrogens with one attached hydrogen (secondary N) is 1. The molecule has 1 amide bonds. The van der Waals surface area contributed by atoms with Crippen LogP contribution in [0, 0.1) is 0 Å². The van der Waals surface area contributed by atoms with Gasteiger partial charge in [0.15, 0.2) is 0 Å². The van der Waals surface area contributed by atoms with Crippen molar-refractivity contribution >= 4 is 40.6 Å². The minimum atomic E-state index is -0.176. The molecule has 0 aliphatic heterocycles. The zero-order valence-corrected chi connectivity index (χ0v) is 13.4. The summed E-state index contributed by atoms with van der Waals surface area (Å²) in [4.78, 5) is 21.9. The summed E-state index contributed by atoms with van der Waals surface area (Å²) in [5.74, 6) is 0.785. The molecular weight excluding hydrogens is 325 g/mol. The Hall–Kier alpha value is -1.89. The van der Waals surface area contributed by atoms with Crippen molar-refractivity contribution in [3.8, 4) is 0 Å². The molecule has 1 aromatic heterocycles. The standard InChI is InChI=1S/C14H15Cl2N5O/c1-21(7-13-18-5-4-12(17)20-13)8-14(22)19-9-2-3-10(15)11(16)6-9/h2-6H,7-8H2,1H3,(H,19,22)(H2,17,18,20). The van der Waals surface area contributed by atoms with Crippen molar-refractivity contribution in [3.63, 3.8) is 0 Å². The number of nitrogens with zero attached hydrogens (tertiary/aromatic N) is 3. The van der Waals surface area contributed by atoms with Crippen LogP contribution in [-0.4, -0.2) is 34.4 Å². The van der Waals surface area contributed by atoms with Gasteiger partial charge >= 0.3 is 0 Å². The van der Waals surface area contributed by atoms with E-state index < -0.39 is 0 Å². The number of likely N-dealkylation sites (N-methyl/N-ethyl adjacent to an activating group) is 1. The lowest BCUT2D eigenvalue weighted by molar-refractivity contribution is -0.117. The van der Waals surface area contributed by atoms with Crippen molar-refractivity contribution in [1.82, 2.24) is 14.9 Å². The van der Waals surface area contributed by atoms with Crippen LogP contribution in [0.25, 0.3) is 0 Å². The highest BCUT2D eigenvalue weighted by Crippen LogP contribution is 2.24. The summed E-state index contributed by atoms with van der Waals surface area (Å²) in [5.41, 5.74) is 6.18. The molecule has 0 fully saturated rings. The van der Waals surface area contributed by atoms with Crippen LogP contribution in [0.3, 0.4) is 0 Å². The van der Waals surface area contributed by atoms with E-state index in [4.69, 9.17) is 28.9 Å². The monoisotopic (exact) mass is 339 g/mol. The fourth-order valence-corrected chi connectivity index (χ4v) is 2.11. The van der Waals surface area contributed by atoms with Gasteiger partial charge in [-0.2, -0.15) is 0 Å². The van der Waals surface area contributed by atoms with Gasteiger partial charge in [0.05, 0.1) is 23.1 Å². The number of benzene rings is 1. The Kier molecular flexibility index (Phi) is 5.54. The maximum Gasteiger partial charge on any atom is 0.238 e. The average molecular weight is 340 g/mol. The van der Waals surface area contributed by atoms with Crippen LogP contribution in [0.5, 0.6) is 0 Å². The van der Waals surface area contributed by atoms with Gasteiger partial charge in [0.25, 0.3) is 0 Å². The van der Waals surface area contributed by atoms with Crippen molar-refractivity contribution in [2.24, 2.45) is 0 Å². The normalized spacial score (nSPS) is 10.7. The second kappa shape index (κ2) is 7.40. The summed E-state index contributed by atoms with van der Waals surface area (Å²) < 4.78 is 0. The molecule has 1 heterocycles. The molecule has 0 saturated heterocycles. The van der Waals surface area contributed by atoms with Gasteiger partial charge in [-0.1, -0.05) is 23.2 Å². The Morgan fingerprint density at radius 2 is 2.09 bits per heavy atom. The molecule has 2 rings (SSSR count). The summed E-state index contributed by atoms with van der Waals surface area (Å²) in [6, 6.07) is 6.53. The molecule has 1 aromatic carbocycles. The van der Waals surface area contributed by atoms with E-state index in [0.717, 1.165) is 0 Å². The van der Waals surface area contributed by atoms with E-state index in [-0.39, 0.29) is 12.5 Å². The Bertz CT molecular complexity index is 680. The molecule has 22 heavy (non-hydrogen) atoms. The molecule has 116 valence electrons. The number of anilines is 2. The molecule has 0 unspecified atom stereocenters. The van der Waals surface area contributed by atoms with Crippen LogP contribution in [0.2, 0.25) is 10.0 Å². The third-order valence-corrected chi connectivity index (χ3v) is 3.49. The molecule has 0 saturated carbocycles. The number of aromatic nitrogens is 2. The van der Waals surface area contributed by atoms with Gasteiger partial charge in [-0.25, -0.2) is 9.97 Å². The zero-order valence-electron chi connectivity index (χ0n) is 11.9. The highest BCUT2D eigenvalue weighted by molar-refractivity contribution is 6.42. The van der Waals surface area contributed by atoms with E-state index in [9.17, 15) is 4.79 Å². The van der Waals surface area contributed by atoms with Crippen LogP contribution in [0.4, 0.5) is 11.5 Å². The molecule has 6 nitrogen and oxygen atoms in total. The molecule has 2 aromatic rings. The Morgan fingerprint density at radius 1 is 1.32 bits per heavy atom. The van der Waals surface area contributed by atoms with Crippen LogP contribution in [-0.2, 0) is 11.3 Å². The highest BCUT2D eigenvalue weighted by Gasteiger charge is 2.10. The van der Waals surface area contributed by atoms with Crippen molar-refractivity contribution < 1.29 is 4.79 Å². The van der Waals surface area contributed by atoms with E-state index >= 15 is 0 Å². The summed E-state index contributed by atoms with van der Waals surface area (Å²) in [6.45, 7) is 0.595. The second-order valence-corrected chi connectivity index (χ2v) is 5.56. The number of carbonyl (C=O) groups excluding carboxylic acids is 1. The van der Waals surface area contributed by atoms with Crippen LogP contribution in [0.1, 0.15) is 5.82 Å². The Morgan fingerprint density at radius 3 is 2.77 bits per heavy atom. The molecule has 8 heteroatoms. The quantitative estimate of drug-likeness (QED) is 0.873. The zero-order chi connectivity index (χ0) is 16.1. The van der Waals surface area contributed by atoms with Gasteiger partial charge in [0, 0.05) is 11.9 Å². The summed E-state index contributed by atoms with van der Waals surface area (Å²) in [6.07, 6.45) is 1.58. The average Bonchev–Trinajstić information content (AvgIpc) is 2.42. The lowest BCUT2D eigenvalue weighted by Crippen LogP contribution is -2.30. The van der Waals surface area contributed by atoms with Crippen LogP contribution in [0.15, 0.2) is 30.5 Å². The fourth-order valence-electron chi connectivity index (χ4n) is 1.81. The topological polar surface area (TPSA) is 84.1 Å². The first-order valence-corrected chi connectivity index (χ1v) is 7.20. The summed E-state index contributed by atoms with van der Waals surface area (Å²) >= 11 is 11.7. The lowest BCUT2D eigenvalue weighted by atomic mass is 10.3. The van der Waals surface area contributed by atoms with Gasteiger partial charge in [0.2, 0.25) is 5.91 Å². The van der Waals surface area contributed by atoms with Crippen LogP contribution >= 0.6 is 23.2 Å². The minimum absolute atomic E-state index is 0.176.